The van der Waals surface area contributed by atoms with Gasteiger partial charge in [0.2, 0.25) is 0 Å². The first kappa shape index (κ1) is 31.8. The molecule has 1 atom stereocenters. The number of halogens is 3. The number of ether oxygens (including phenoxy) is 2. The summed E-state index contributed by atoms with van der Waals surface area (Å²) in [5.41, 5.74) is 1.67. The van der Waals surface area contributed by atoms with Crippen LogP contribution >= 0.6 is 45.8 Å². The molecule has 2 heterocycles. The molecule has 0 bridgehead atoms. The summed E-state index contributed by atoms with van der Waals surface area (Å²) in [6.45, 7) is 14.4. The zero-order chi connectivity index (χ0) is 29.0. The Morgan fingerprint density at radius 1 is 0.795 bits per heavy atom. The summed E-state index contributed by atoms with van der Waals surface area (Å²) in [4.78, 5) is 27.2. The molecule has 2 fully saturated rings. The van der Waals surface area contributed by atoms with E-state index in [0.717, 1.165) is 42.6 Å². The van der Waals surface area contributed by atoms with Gasteiger partial charge < -0.3 is 19.3 Å². The highest BCUT2D eigenvalue weighted by Gasteiger charge is 2.38. The molecule has 0 aliphatic carbocycles. The van der Waals surface area contributed by atoms with E-state index in [-0.39, 0.29) is 12.2 Å². The van der Waals surface area contributed by atoms with Gasteiger partial charge >= 0.3 is 12.2 Å². The molecule has 0 N–H and O–H groups in total. The second kappa shape index (κ2) is 13.3. The van der Waals surface area contributed by atoms with E-state index in [1.807, 2.05) is 77.9 Å². The van der Waals surface area contributed by atoms with Gasteiger partial charge in [0.05, 0.1) is 0 Å². The van der Waals surface area contributed by atoms with Crippen molar-refractivity contribution in [2.45, 2.75) is 63.1 Å². The van der Waals surface area contributed by atoms with Gasteiger partial charge in [0.15, 0.2) is 0 Å². The predicted octanol–water partition coefficient (Wildman–Crippen LogP) is 8.43. The molecule has 2 saturated heterocycles. The fourth-order valence-electron chi connectivity index (χ4n) is 4.22. The smallest absolute Gasteiger partial charge is 0.410 e. The van der Waals surface area contributed by atoms with Crippen LogP contribution in [0.15, 0.2) is 48.5 Å². The van der Waals surface area contributed by atoms with E-state index in [9.17, 15) is 9.59 Å². The van der Waals surface area contributed by atoms with Crippen LogP contribution in [0.1, 0.15) is 56.6 Å². The average molecular weight is 689 g/mol. The molecule has 0 spiro atoms. The van der Waals surface area contributed by atoms with E-state index in [4.69, 9.17) is 32.7 Å². The van der Waals surface area contributed by atoms with Crippen LogP contribution in [0.25, 0.3) is 0 Å². The zero-order valence-corrected chi connectivity index (χ0v) is 27.2. The number of likely N-dealkylation sites (tertiary alicyclic amines) is 2. The Bertz CT molecular complexity index is 1100. The molecule has 2 amide bonds. The Morgan fingerprint density at radius 2 is 1.21 bits per heavy atom. The molecule has 0 aromatic heterocycles. The Balaban J connectivity index is 0.000000216. The van der Waals surface area contributed by atoms with Gasteiger partial charge in [-0.25, -0.2) is 9.59 Å². The fourth-order valence-corrected chi connectivity index (χ4v) is 5.34. The number of hydrogen-bond donors (Lipinski definition) is 0. The Kier molecular flexibility index (Phi) is 10.9. The molecule has 214 valence electrons. The molecule has 0 radical (unpaired) electrons. The molecule has 0 saturated carbocycles. The first-order valence-corrected chi connectivity index (χ1v) is 15.2. The van der Waals surface area contributed by atoms with Gasteiger partial charge in [-0.2, -0.15) is 0 Å². The van der Waals surface area contributed by atoms with Crippen molar-refractivity contribution in [3.63, 3.8) is 0 Å². The van der Waals surface area contributed by atoms with Crippen LogP contribution in [-0.2, 0) is 15.9 Å². The summed E-state index contributed by atoms with van der Waals surface area (Å²) in [5.74, 6) is 0.998. The molecule has 1 unspecified atom stereocenters. The SMILES string of the molecule is CC(C)(C)OC(=O)N1CC(C(I)c2ccc(Cl)cc2)C1.CC(C)(C)OC(=O)N1CC(Cc2ccc(Cl)cc2)C1. The molecule has 9 heteroatoms. The molecule has 2 aromatic rings. The van der Waals surface area contributed by atoms with Crippen molar-refractivity contribution < 1.29 is 19.1 Å². The minimum atomic E-state index is -0.428. The lowest BCUT2D eigenvalue weighted by atomic mass is 9.92. The van der Waals surface area contributed by atoms with Crippen LogP contribution in [0.5, 0.6) is 0 Å². The predicted molar refractivity (Wildman–Crippen MR) is 166 cm³/mol. The third-order valence-corrected chi connectivity index (χ3v) is 8.45. The summed E-state index contributed by atoms with van der Waals surface area (Å²) in [7, 11) is 0. The Morgan fingerprint density at radius 3 is 1.64 bits per heavy atom. The second-order valence-electron chi connectivity index (χ2n) is 12.2. The summed E-state index contributed by atoms with van der Waals surface area (Å²) in [6.07, 6.45) is 0.560. The van der Waals surface area contributed by atoms with Gasteiger partial charge in [-0.1, -0.05) is 70.1 Å². The van der Waals surface area contributed by atoms with Crippen molar-refractivity contribution in [1.29, 1.82) is 0 Å². The quantitative estimate of drug-likeness (QED) is 0.239. The van der Waals surface area contributed by atoms with Gasteiger partial charge in [-0.05, 0) is 89.3 Å². The summed E-state index contributed by atoms with van der Waals surface area (Å²) < 4.78 is 11.1. The molecular weight excluding hydrogens is 650 g/mol. The number of alkyl halides is 1. The number of amides is 2. The monoisotopic (exact) mass is 688 g/mol. The van der Waals surface area contributed by atoms with Gasteiger partial charge in [0.25, 0.3) is 0 Å². The molecule has 39 heavy (non-hydrogen) atoms. The van der Waals surface area contributed by atoms with Gasteiger partial charge in [-0.3, -0.25) is 0 Å². The lowest BCUT2D eigenvalue weighted by Gasteiger charge is -2.42. The van der Waals surface area contributed by atoms with E-state index in [2.05, 4.69) is 34.7 Å². The molecular formula is C30H39Cl2IN2O4. The summed E-state index contributed by atoms with van der Waals surface area (Å²) in [5, 5.41) is 1.51. The maximum atomic E-state index is 11.9. The molecule has 2 aliphatic rings. The van der Waals surface area contributed by atoms with Crippen molar-refractivity contribution in [2.75, 3.05) is 26.2 Å². The van der Waals surface area contributed by atoms with Crippen molar-refractivity contribution in [1.82, 2.24) is 9.80 Å². The Hall–Kier alpha value is -1.71. The summed E-state index contributed by atoms with van der Waals surface area (Å²) in [6, 6.07) is 15.8. The molecule has 2 aliphatic heterocycles. The van der Waals surface area contributed by atoms with E-state index < -0.39 is 11.2 Å². The number of hydrogen-bond acceptors (Lipinski definition) is 4. The van der Waals surface area contributed by atoms with Crippen LogP contribution in [0.4, 0.5) is 9.59 Å². The van der Waals surface area contributed by atoms with E-state index in [0.29, 0.717) is 15.8 Å². The zero-order valence-electron chi connectivity index (χ0n) is 23.5. The largest absolute Gasteiger partial charge is 0.444 e. The van der Waals surface area contributed by atoms with Crippen LogP contribution in [0.3, 0.4) is 0 Å². The molecule has 2 aromatic carbocycles. The number of carbonyl (C=O) groups excluding carboxylic acids is 2. The lowest BCUT2D eigenvalue weighted by molar-refractivity contribution is -0.00159. The number of carbonyl (C=O) groups is 2. The van der Waals surface area contributed by atoms with Gasteiger partial charge in [-0.15, -0.1) is 0 Å². The lowest BCUT2D eigenvalue weighted by Crippen LogP contribution is -2.52. The van der Waals surface area contributed by atoms with Crippen LogP contribution in [-0.4, -0.2) is 59.4 Å². The third-order valence-electron chi connectivity index (χ3n) is 6.21. The Labute approximate surface area is 256 Å². The van der Waals surface area contributed by atoms with E-state index in [1.165, 1.54) is 11.1 Å². The average Bonchev–Trinajstić information content (AvgIpc) is 2.74. The first-order chi connectivity index (χ1) is 18.1. The van der Waals surface area contributed by atoms with Crippen LogP contribution in [0, 0.1) is 11.8 Å². The third kappa shape index (κ3) is 10.3. The minimum Gasteiger partial charge on any atom is -0.444 e. The van der Waals surface area contributed by atoms with E-state index in [1.54, 1.807) is 9.80 Å². The second-order valence-corrected chi connectivity index (χ2v) is 14.4. The van der Waals surface area contributed by atoms with Gasteiger partial charge in [0.1, 0.15) is 11.2 Å². The van der Waals surface area contributed by atoms with Crippen molar-refractivity contribution in [2.24, 2.45) is 11.8 Å². The normalized spacial score (nSPS) is 16.8. The van der Waals surface area contributed by atoms with Crippen LogP contribution in [0.2, 0.25) is 10.0 Å². The van der Waals surface area contributed by atoms with E-state index >= 15 is 0 Å². The first-order valence-electron chi connectivity index (χ1n) is 13.2. The minimum absolute atomic E-state index is 0.208. The summed E-state index contributed by atoms with van der Waals surface area (Å²) >= 11 is 14.2. The maximum absolute atomic E-state index is 11.9. The topological polar surface area (TPSA) is 59.1 Å². The van der Waals surface area contributed by atoms with Crippen molar-refractivity contribution >= 4 is 58.0 Å². The molecule has 4 rings (SSSR count). The number of benzene rings is 2. The van der Waals surface area contributed by atoms with Crippen molar-refractivity contribution in [3.8, 4) is 0 Å². The van der Waals surface area contributed by atoms with Crippen LogP contribution < -0.4 is 0 Å². The highest BCUT2D eigenvalue weighted by molar-refractivity contribution is 14.1. The van der Waals surface area contributed by atoms with Gasteiger partial charge in [0, 0.05) is 46.1 Å². The van der Waals surface area contributed by atoms with Crippen molar-refractivity contribution in [3.05, 3.63) is 69.7 Å². The number of rotatable bonds is 4. The highest BCUT2D eigenvalue weighted by Crippen LogP contribution is 2.38. The molecule has 6 nitrogen and oxygen atoms in total. The number of nitrogens with zero attached hydrogens (tertiary/aromatic N) is 2. The highest BCUT2D eigenvalue weighted by atomic mass is 127. The maximum Gasteiger partial charge on any atom is 0.410 e. The fraction of sp³-hybridized carbons (Fsp3) is 0.533. The standard InChI is InChI=1S/C15H19ClINO2.C15H20ClNO2/c1-15(2,3)20-14(19)18-8-11(9-18)13(17)10-4-6-12(16)7-5-10;1-15(2,3)19-14(18)17-9-12(10-17)8-11-4-6-13(16)7-5-11/h4-7,11,13H,8-9H2,1-3H3;4-7,12H,8-10H2,1-3H3.